The van der Waals surface area contributed by atoms with Crippen LogP contribution < -0.4 is 5.32 Å². The summed E-state index contributed by atoms with van der Waals surface area (Å²) in [6, 6.07) is 3.56. The quantitative estimate of drug-likeness (QED) is 0.542. The molecule has 0 unspecified atom stereocenters. The van der Waals surface area contributed by atoms with Gasteiger partial charge in [0.05, 0.1) is 27.7 Å². The second kappa shape index (κ2) is 9.72. The van der Waals surface area contributed by atoms with Crippen LogP contribution in [0.4, 0.5) is 10.3 Å². The summed E-state index contributed by atoms with van der Waals surface area (Å²) in [4.78, 5) is 21.4. The first-order chi connectivity index (χ1) is 16.4. The molecule has 12 heteroatoms. The molecule has 3 heterocycles. The normalized spacial score (nSPS) is 22.9. The lowest BCUT2D eigenvalue weighted by atomic mass is 10.1. The van der Waals surface area contributed by atoms with Crippen LogP contribution in [0.2, 0.25) is 0 Å². The topological polar surface area (TPSA) is 111 Å². The van der Waals surface area contributed by atoms with E-state index in [9.17, 15) is 17.6 Å². The van der Waals surface area contributed by atoms with E-state index in [0.29, 0.717) is 34.3 Å². The molecule has 2 aliphatic rings. The van der Waals surface area contributed by atoms with E-state index in [1.165, 1.54) is 19.2 Å². The van der Waals surface area contributed by atoms with Crippen molar-refractivity contribution < 1.29 is 27.1 Å². The number of hydrogen-bond acceptors (Lipinski definition) is 8. The summed E-state index contributed by atoms with van der Waals surface area (Å²) in [5.74, 6) is -0.371. The number of alkyl halides is 1. The molecular weight excluding hydrogens is 543 g/mol. The largest absolute Gasteiger partial charge is 0.459 e. The molecule has 9 nitrogen and oxygen atoms in total. The van der Waals surface area contributed by atoms with E-state index in [0.717, 1.165) is 4.31 Å². The summed E-state index contributed by atoms with van der Waals surface area (Å²) in [6.07, 6.45) is 0.844. The van der Waals surface area contributed by atoms with E-state index in [4.69, 9.17) is 9.47 Å². The summed E-state index contributed by atoms with van der Waals surface area (Å²) in [6.45, 7) is 7.24. The number of anilines is 1. The molecule has 1 saturated heterocycles. The Kier molecular flexibility index (Phi) is 7.20. The number of carbonyl (C=O) groups is 1. The zero-order valence-electron chi connectivity index (χ0n) is 19.9. The van der Waals surface area contributed by atoms with Gasteiger partial charge in [-0.15, -0.1) is 0 Å². The third-order valence-electron chi connectivity index (χ3n) is 5.78. The molecule has 190 valence electrons. The number of nitrogens with zero attached hydrogens (tertiary/aromatic N) is 3. The predicted molar refractivity (Wildman–Crippen MR) is 131 cm³/mol. The van der Waals surface area contributed by atoms with Gasteiger partial charge >= 0.3 is 5.97 Å². The van der Waals surface area contributed by atoms with Gasteiger partial charge in [-0.3, -0.25) is 4.79 Å². The van der Waals surface area contributed by atoms with Crippen LogP contribution in [0, 0.1) is 0 Å². The number of halogens is 2. The average Bonchev–Trinajstić information content (AvgIpc) is 3.05. The second-order valence-corrected chi connectivity index (χ2v) is 12.3. The van der Waals surface area contributed by atoms with E-state index in [1.54, 1.807) is 32.9 Å². The first-order valence-electron chi connectivity index (χ1n) is 11.3. The van der Waals surface area contributed by atoms with Crippen LogP contribution in [0.25, 0.3) is 11.3 Å². The fraction of sp³-hybridized carbons (Fsp3) is 0.522. The molecule has 2 aliphatic heterocycles. The Labute approximate surface area is 212 Å². The summed E-state index contributed by atoms with van der Waals surface area (Å²) in [5.41, 5.74) is 0.851. The van der Waals surface area contributed by atoms with Gasteiger partial charge < -0.3 is 14.8 Å². The Bertz CT molecular complexity index is 1240. The smallest absolute Gasteiger partial charge is 0.324 e. The van der Waals surface area contributed by atoms with E-state index >= 15 is 0 Å². The van der Waals surface area contributed by atoms with Gasteiger partial charge in [-0.1, -0.05) is 12.1 Å². The van der Waals surface area contributed by atoms with Crippen molar-refractivity contribution in [3.8, 4) is 11.3 Å². The highest BCUT2D eigenvalue weighted by Crippen LogP contribution is 2.37. The van der Waals surface area contributed by atoms with Crippen LogP contribution in [0.15, 0.2) is 33.8 Å². The number of nitrogens with one attached hydrogen (secondary N) is 1. The molecule has 0 amide bonds. The molecule has 35 heavy (non-hydrogen) atoms. The van der Waals surface area contributed by atoms with Crippen molar-refractivity contribution in [1.82, 2.24) is 14.3 Å². The van der Waals surface area contributed by atoms with Crippen LogP contribution in [-0.2, 0) is 30.8 Å². The van der Waals surface area contributed by atoms with Crippen molar-refractivity contribution in [1.29, 1.82) is 0 Å². The molecule has 1 aromatic carbocycles. The highest BCUT2D eigenvalue weighted by molar-refractivity contribution is 9.10. The second-order valence-electron chi connectivity index (χ2n) is 9.60. The first kappa shape index (κ1) is 25.9. The van der Waals surface area contributed by atoms with Gasteiger partial charge in [0.25, 0.3) is 0 Å². The van der Waals surface area contributed by atoms with Crippen molar-refractivity contribution in [3.05, 3.63) is 34.4 Å². The van der Waals surface area contributed by atoms with E-state index in [1.807, 2.05) is 0 Å². The number of sulfonamides is 1. The monoisotopic (exact) mass is 570 g/mol. The predicted octanol–water partition coefficient (Wildman–Crippen LogP) is 3.68. The Hall–Kier alpha value is -2.15. The minimum atomic E-state index is -3.93. The maximum Gasteiger partial charge on any atom is 0.324 e. The minimum absolute atomic E-state index is 0.0158. The van der Waals surface area contributed by atoms with Gasteiger partial charge in [0.2, 0.25) is 16.0 Å². The van der Waals surface area contributed by atoms with Gasteiger partial charge in [0, 0.05) is 24.9 Å². The summed E-state index contributed by atoms with van der Waals surface area (Å²) >= 11 is 3.43. The molecular formula is C23H28BrFN4O5S. The third kappa shape index (κ3) is 5.50. The molecule has 0 aliphatic carbocycles. The number of hydrogen-bond donors (Lipinski definition) is 1. The number of carbonyl (C=O) groups excluding carboxylic acids is 1. The summed E-state index contributed by atoms with van der Waals surface area (Å²) < 4.78 is 53.1. The van der Waals surface area contributed by atoms with Crippen LogP contribution in [0.5, 0.6) is 0 Å². The Morgan fingerprint density at radius 1 is 1.37 bits per heavy atom. The van der Waals surface area contributed by atoms with Crippen LogP contribution in [0.3, 0.4) is 0 Å². The molecule has 1 fully saturated rings. The number of esters is 1. The maximum atomic E-state index is 14.2. The minimum Gasteiger partial charge on any atom is -0.459 e. The van der Waals surface area contributed by atoms with Crippen molar-refractivity contribution in [2.24, 2.45) is 0 Å². The average molecular weight is 571 g/mol. The van der Waals surface area contributed by atoms with Gasteiger partial charge in [-0.05, 0) is 61.7 Å². The van der Waals surface area contributed by atoms with Gasteiger partial charge in [-0.2, -0.15) is 4.31 Å². The van der Waals surface area contributed by atoms with E-state index < -0.39 is 39.8 Å². The first-order valence-corrected chi connectivity index (χ1v) is 13.5. The Morgan fingerprint density at radius 2 is 2.11 bits per heavy atom. The molecule has 2 aromatic rings. The summed E-state index contributed by atoms with van der Waals surface area (Å²) in [7, 11) is -3.93. The van der Waals surface area contributed by atoms with Gasteiger partial charge in [0.15, 0.2) is 0 Å². The highest BCUT2D eigenvalue weighted by Gasteiger charge is 2.41. The summed E-state index contributed by atoms with van der Waals surface area (Å²) in [5, 5.41) is 3.01. The zero-order chi connectivity index (χ0) is 25.5. The van der Waals surface area contributed by atoms with Crippen LogP contribution >= 0.6 is 15.9 Å². The Balaban J connectivity index is 1.61. The molecule has 0 bridgehead atoms. The van der Waals surface area contributed by atoms with Gasteiger partial charge in [-0.25, -0.2) is 22.8 Å². The molecule has 3 atom stereocenters. The molecule has 4 rings (SSSR count). The fourth-order valence-corrected chi connectivity index (χ4v) is 6.20. The van der Waals surface area contributed by atoms with Gasteiger partial charge in [0.1, 0.15) is 17.8 Å². The molecule has 0 saturated carbocycles. The lowest BCUT2D eigenvalue weighted by Crippen LogP contribution is -2.42. The van der Waals surface area contributed by atoms with Crippen molar-refractivity contribution in [2.45, 2.75) is 69.4 Å². The van der Waals surface area contributed by atoms with Crippen LogP contribution in [-0.4, -0.2) is 65.7 Å². The molecule has 0 spiro atoms. The van der Waals surface area contributed by atoms with Crippen LogP contribution in [0.1, 0.15) is 39.7 Å². The standard InChI is InChI=1S/C23H28BrFN4O5S/c1-13(21(30)34-23(2,3)4)29-11-15-6-5-14(9-19(15)35(29,31)32)20-16(24)10-26-22(28-20)27-18-7-8-33-12-17(18)25/h5-6,9-10,13,17-18H,7-8,11-12H2,1-4H3,(H,26,27,28)/t13-,17-,18+/m1/s1. The number of fused-ring (bicyclic) bond motifs is 1. The Morgan fingerprint density at radius 3 is 2.80 bits per heavy atom. The number of aromatic nitrogens is 2. The lowest BCUT2D eigenvalue weighted by molar-refractivity contribution is -0.159. The molecule has 1 N–H and O–H groups in total. The van der Waals surface area contributed by atoms with Crippen molar-refractivity contribution >= 4 is 37.9 Å². The fourth-order valence-electron chi connectivity index (χ4n) is 3.97. The third-order valence-corrected chi connectivity index (χ3v) is 8.36. The number of rotatable bonds is 5. The van der Waals surface area contributed by atoms with Crippen molar-refractivity contribution in [2.75, 3.05) is 18.5 Å². The highest BCUT2D eigenvalue weighted by atomic mass is 79.9. The molecule has 0 radical (unpaired) electrons. The van der Waals surface area contributed by atoms with E-state index in [-0.39, 0.29) is 24.0 Å². The number of ether oxygens (including phenoxy) is 2. The lowest BCUT2D eigenvalue weighted by Gasteiger charge is -2.26. The van der Waals surface area contributed by atoms with Crippen molar-refractivity contribution in [3.63, 3.8) is 0 Å². The maximum absolute atomic E-state index is 14.2. The van der Waals surface area contributed by atoms with E-state index in [2.05, 4.69) is 31.2 Å². The zero-order valence-corrected chi connectivity index (χ0v) is 22.3. The molecule has 1 aromatic heterocycles. The number of benzene rings is 1. The SMILES string of the molecule is C[C@H](C(=O)OC(C)(C)C)N1Cc2ccc(-c3nc(N[C@H]4CCOC[C@H]4F)ncc3Br)cc2S1(=O)=O.